The molecule has 0 saturated carbocycles. The number of aromatic nitrogens is 1. The lowest BCUT2D eigenvalue weighted by Gasteiger charge is -2.09. The van der Waals surface area contributed by atoms with Crippen molar-refractivity contribution < 1.29 is 19.2 Å². The molecule has 0 bridgehead atoms. The van der Waals surface area contributed by atoms with E-state index in [1.807, 2.05) is 0 Å². The molecular weight excluding hydrogens is 188 g/mol. The van der Waals surface area contributed by atoms with E-state index in [-0.39, 0.29) is 17.4 Å². The fourth-order valence-electron chi connectivity index (χ4n) is 0.920. The minimum atomic E-state index is -1.85. The molecule has 0 saturated heterocycles. The fourth-order valence-corrected chi connectivity index (χ4v) is 0.920. The van der Waals surface area contributed by atoms with Crippen molar-refractivity contribution in [2.75, 3.05) is 0 Å². The Morgan fingerprint density at radius 1 is 1.50 bits per heavy atom. The van der Waals surface area contributed by atoms with Crippen LogP contribution in [0.3, 0.4) is 0 Å². The van der Waals surface area contributed by atoms with E-state index in [0.717, 1.165) is 12.3 Å². The van der Waals surface area contributed by atoms with E-state index in [1.54, 1.807) is 13.8 Å². The quantitative estimate of drug-likeness (QED) is 0.655. The molecule has 0 unspecified atom stereocenters. The zero-order valence-corrected chi connectivity index (χ0v) is 7.94. The predicted octanol–water partition coefficient (Wildman–Crippen LogP) is -0.312. The summed E-state index contributed by atoms with van der Waals surface area (Å²) in [6, 6.07) is 1.02. The maximum Gasteiger partial charge on any atom is 0.493 e. The van der Waals surface area contributed by atoms with Crippen LogP contribution in [-0.2, 0) is 0 Å². The number of hydrogen-bond acceptors (Lipinski definition) is 4. The highest BCUT2D eigenvalue weighted by molar-refractivity contribution is 6.58. The number of pyridine rings is 1. The average molecular weight is 199 g/mol. The first-order valence-corrected chi connectivity index (χ1v) is 4.19. The number of hydrogen-bond donors (Lipinski definition) is 2. The third-order valence-electron chi connectivity index (χ3n) is 1.49. The molecule has 1 aromatic heterocycles. The predicted molar refractivity (Wildman–Crippen MR) is 49.8 cm³/mol. The van der Waals surface area contributed by atoms with E-state index in [0.29, 0.717) is 0 Å². The van der Waals surface area contributed by atoms with Crippen LogP contribution in [0.25, 0.3) is 0 Å². The highest BCUT2D eigenvalue weighted by Crippen LogP contribution is 2.08. The SMILES string of the molecule is CC(C)Oc1cc(F)c(B(O)O)cn1. The summed E-state index contributed by atoms with van der Waals surface area (Å²) in [5.41, 5.74) is -0.263. The lowest BCUT2D eigenvalue weighted by molar-refractivity contribution is 0.231. The van der Waals surface area contributed by atoms with E-state index >= 15 is 0 Å². The molecule has 0 radical (unpaired) electrons. The average Bonchev–Trinajstić information content (AvgIpc) is 2.01. The van der Waals surface area contributed by atoms with Gasteiger partial charge < -0.3 is 14.8 Å². The first kappa shape index (κ1) is 10.9. The van der Waals surface area contributed by atoms with Crippen LogP contribution in [0.4, 0.5) is 4.39 Å². The number of halogens is 1. The van der Waals surface area contributed by atoms with Crippen molar-refractivity contribution in [2.45, 2.75) is 20.0 Å². The van der Waals surface area contributed by atoms with Crippen LogP contribution in [-0.4, -0.2) is 28.3 Å². The van der Waals surface area contributed by atoms with Gasteiger partial charge in [-0.1, -0.05) is 0 Å². The molecule has 1 rings (SSSR count). The lowest BCUT2D eigenvalue weighted by Crippen LogP contribution is -2.33. The molecule has 0 amide bonds. The Labute approximate surface area is 81.5 Å². The summed E-state index contributed by atoms with van der Waals surface area (Å²) in [5.74, 6) is -0.618. The summed E-state index contributed by atoms with van der Waals surface area (Å²) in [5, 5.41) is 17.4. The highest BCUT2D eigenvalue weighted by Gasteiger charge is 2.17. The normalized spacial score (nSPS) is 10.4. The lowest BCUT2D eigenvalue weighted by atomic mass is 9.81. The van der Waals surface area contributed by atoms with Gasteiger partial charge in [0.05, 0.1) is 6.10 Å². The maximum atomic E-state index is 13.1. The van der Waals surface area contributed by atoms with E-state index in [9.17, 15) is 4.39 Å². The van der Waals surface area contributed by atoms with Gasteiger partial charge in [-0.15, -0.1) is 0 Å². The van der Waals surface area contributed by atoms with Gasteiger partial charge in [0.2, 0.25) is 5.88 Å². The number of rotatable bonds is 3. The molecule has 6 heteroatoms. The van der Waals surface area contributed by atoms with Gasteiger partial charge in [-0.2, -0.15) is 0 Å². The number of nitrogens with zero attached hydrogens (tertiary/aromatic N) is 1. The monoisotopic (exact) mass is 199 g/mol. The molecule has 0 spiro atoms. The van der Waals surface area contributed by atoms with Gasteiger partial charge in [0.1, 0.15) is 5.82 Å². The summed E-state index contributed by atoms with van der Waals surface area (Å²) >= 11 is 0. The molecular formula is C8H11BFNO3. The van der Waals surface area contributed by atoms with E-state index in [4.69, 9.17) is 14.8 Å². The number of ether oxygens (including phenoxy) is 1. The molecule has 0 atom stereocenters. The molecule has 0 aliphatic carbocycles. The molecule has 1 heterocycles. The second kappa shape index (κ2) is 4.39. The Morgan fingerprint density at radius 2 is 2.14 bits per heavy atom. The first-order chi connectivity index (χ1) is 6.50. The van der Waals surface area contributed by atoms with Crippen LogP contribution in [0.1, 0.15) is 13.8 Å². The zero-order chi connectivity index (χ0) is 10.7. The van der Waals surface area contributed by atoms with E-state index in [2.05, 4.69) is 4.98 Å². The van der Waals surface area contributed by atoms with Crippen molar-refractivity contribution >= 4 is 12.6 Å². The summed E-state index contributed by atoms with van der Waals surface area (Å²) in [6.07, 6.45) is 0.935. The van der Waals surface area contributed by atoms with Crippen molar-refractivity contribution in [1.82, 2.24) is 4.98 Å². The molecule has 14 heavy (non-hydrogen) atoms. The Bertz CT molecular complexity index is 319. The third-order valence-corrected chi connectivity index (χ3v) is 1.49. The van der Waals surface area contributed by atoms with Crippen molar-refractivity contribution in [2.24, 2.45) is 0 Å². The third kappa shape index (κ3) is 2.68. The molecule has 0 aliphatic rings. The van der Waals surface area contributed by atoms with Gasteiger partial charge in [-0.3, -0.25) is 0 Å². The molecule has 0 aromatic carbocycles. The maximum absolute atomic E-state index is 13.1. The summed E-state index contributed by atoms with van der Waals surface area (Å²) in [6.45, 7) is 3.57. The van der Waals surface area contributed by atoms with Gasteiger partial charge in [0, 0.05) is 17.7 Å². The van der Waals surface area contributed by atoms with Crippen molar-refractivity contribution in [1.29, 1.82) is 0 Å². The Balaban J connectivity index is 2.89. The smallest absolute Gasteiger partial charge is 0.475 e. The van der Waals surface area contributed by atoms with Crippen molar-refractivity contribution in [3.63, 3.8) is 0 Å². The van der Waals surface area contributed by atoms with Gasteiger partial charge in [-0.25, -0.2) is 9.37 Å². The van der Waals surface area contributed by atoms with Gasteiger partial charge >= 0.3 is 7.12 Å². The topological polar surface area (TPSA) is 62.6 Å². The standard InChI is InChI=1S/C8H11BFNO3/c1-5(2)14-8-3-7(10)6(4-11-8)9(12)13/h3-5,12-13H,1-2H3. The van der Waals surface area contributed by atoms with Crippen molar-refractivity contribution in [3.05, 3.63) is 18.1 Å². The first-order valence-electron chi connectivity index (χ1n) is 4.19. The minimum absolute atomic E-state index is 0.105. The molecule has 0 aliphatic heterocycles. The Kier molecular flexibility index (Phi) is 3.43. The van der Waals surface area contributed by atoms with Gasteiger partial charge in [-0.05, 0) is 13.8 Å². The van der Waals surface area contributed by atoms with Crippen LogP contribution in [0, 0.1) is 5.82 Å². The summed E-state index contributed by atoms with van der Waals surface area (Å²) in [7, 11) is -1.85. The zero-order valence-electron chi connectivity index (χ0n) is 7.94. The largest absolute Gasteiger partial charge is 0.493 e. The molecule has 2 N–H and O–H groups in total. The summed E-state index contributed by atoms with van der Waals surface area (Å²) in [4.78, 5) is 3.72. The molecule has 4 nitrogen and oxygen atoms in total. The van der Waals surface area contributed by atoms with Crippen LogP contribution in [0.15, 0.2) is 12.3 Å². The van der Waals surface area contributed by atoms with Crippen LogP contribution in [0.5, 0.6) is 5.88 Å². The van der Waals surface area contributed by atoms with Gasteiger partial charge in [0.25, 0.3) is 0 Å². The molecule has 76 valence electrons. The van der Waals surface area contributed by atoms with E-state index in [1.165, 1.54) is 0 Å². The second-order valence-corrected chi connectivity index (χ2v) is 3.08. The molecule has 1 aromatic rings. The van der Waals surface area contributed by atoms with Crippen LogP contribution < -0.4 is 10.2 Å². The van der Waals surface area contributed by atoms with Crippen LogP contribution in [0.2, 0.25) is 0 Å². The van der Waals surface area contributed by atoms with Gasteiger partial charge in [0.15, 0.2) is 0 Å². The second-order valence-electron chi connectivity index (χ2n) is 3.08. The fraction of sp³-hybridized carbons (Fsp3) is 0.375. The summed E-state index contributed by atoms with van der Waals surface area (Å²) < 4.78 is 18.2. The Hall–Kier alpha value is -1.14. The van der Waals surface area contributed by atoms with Crippen molar-refractivity contribution in [3.8, 4) is 5.88 Å². The van der Waals surface area contributed by atoms with E-state index < -0.39 is 12.9 Å². The minimum Gasteiger partial charge on any atom is -0.475 e. The van der Waals surface area contributed by atoms with Crippen LogP contribution >= 0.6 is 0 Å². The highest BCUT2D eigenvalue weighted by atomic mass is 19.1. The Morgan fingerprint density at radius 3 is 2.57 bits per heavy atom. The molecule has 0 fully saturated rings.